The molecule has 32 heavy (non-hydrogen) atoms. The molecule has 1 saturated carbocycles. The van der Waals surface area contributed by atoms with Gasteiger partial charge in [-0.2, -0.15) is 0 Å². The molecule has 2 saturated heterocycles. The molecular weight excluding hydrogens is 404 g/mol. The number of nitrogens with one attached hydrogen (secondary N) is 1. The molecule has 2 aromatic carbocycles. The number of benzene rings is 2. The van der Waals surface area contributed by atoms with Gasteiger partial charge in [0.25, 0.3) is 5.91 Å². The van der Waals surface area contributed by atoms with E-state index in [0.29, 0.717) is 30.9 Å². The summed E-state index contributed by atoms with van der Waals surface area (Å²) < 4.78 is 5.57. The molecular formula is C26H30N2O4. The molecule has 3 atom stereocenters. The SMILES string of the molecule is O=C(N[C@@H](CC1CCCCC1)C(=O)N1CCC2OCC(=O)C21)c1cccc2ccccc12. The molecule has 5 rings (SSSR count). The first-order chi connectivity index (χ1) is 15.6. The lowest BCUT2D eigenvalue weighted by Crippen LogP contribution is -2.53. The average molecular weight is 435 g/mol. The number of likely N-dealkylation sites (tertiary alicyclic amines) is 1. The molecule has 1 aliphatic carbocycles. The Bertz CT molecular complexity index is 1020. The second-order valence-corrected chi connectivity index (χ2v) is 9.37. The van der Waals surface area contributed by atoms with E-state index in [1.54, 1.807) is 11.0 Å². The Morgan fingerprint density at radius 2 is 1.81 bits per heavy atom. The van der Waals surface area contributed by atoms with Gasteiger partial charge in [-0.1, -0.05) is 68.5 Å². The smallest absolute Gasteiger partial charge is 0.252 e. The molecule has 2 heterocycles. The molecule has 0 radical (unpaired) electrons. The fourth-order valence-electron chi connectivity index (χ4n) is 5.68. The first kappa shape index (κ1) is 21.1. The zero-order valence-corrected chi connectivity index (χ0v) is 18.3. The lowest BCUT2D eigenvalue weighted by molar-refractivity contribution is -0.138. The summed E-state index contributed by atoms with van der Waals surface area (Å²) in [6.07, 6.45) is 6.85. The number of ketones is 1. The lowest BCUT2D eigenvalue weighted by Gasteiger charge is -2.31. The Morgan fingerprint density at radius 3 is 2.66 bits per heavy atom. The van der Waals surface area contributed by atoms with Crippen molar-refractivity contribution in [2.24, 2.45) is 5.92 Å². The number of nitrogens with zero attached hydrogens (tertiary/aromatic N) is 1. The Labute approximate surface area is 188 Å². The van der Waals surface area contributed by atoms with Crippen LogP contribution in [0.1, 0.15) is 55.3 Å². The zero-order chi connectivity index (χ0) is 22.1. The van der Waals surface area contributed by atoms with Crippen LogP contribution in [-0.4, -0.2) is 53.8 Å². The maximum atomic E-state index is 13.6. The Hall–Kier alpha value is -2.73. The fraction of sp³-hybridized carbons (Fsp3) is 0.500. The molecule has 6 nitrogen and oxygen atoms in total. The van der Waals surface area contributed by atoms with Crippen LogP contribution < -0.4 is 5.32 Å². The number of fused-ring (bicyclic) bond motifs is 2. The van der Waals surface area contributed by atoms with Crippen molar-refractivity contribution < 1.29 is 19.1 Å². The van der Waals surface area contributed by atoms with Crippen LogP contribution in [0, 0.1) is 5.92 Å². The van der Waals surface area contributed by atoms with Crippen molar-refractivity contribution in [2.45, 2.75) is 63.1 Å². The van der Waals surface area contributed by atoms with Crippen molar-refractivity contribution >= 4 is 28.4 Å². The molecule has 2 amide bonds. The van der Waals surface area contributed by atoms with E-state index in [0.717, 1.165) is 23.6 Å². The number of amides is 2. The normalized spacial score (nSPS) is 24.5. The molecule has 0 spiro atoms. The number of rotatable bonds is 5. The topological polar surface area (TPSA) is 75.7 Å². The molecule has 3 fully saturated rings. The molecule has 3 aliphatic rings. The second kappa shape index (κ2) is 9.02. The second-order valence-electron chi connectivity index (χ2n) is 9.37. The van der Waals surface area contributed by atoms with Gasteiger partial charge in [0, 0.05) is 12.1 Å². The monoisotopic (exact) mass is 434 g/mol. The molecule has 2 aromatic rings. The van der Waals surface area contributed by atoms with E-state index in [4.69, 9.17) is 4.74 Å². The molecule has 2 unspecified atom stereocenters. The largest absolute Gasteiger partial charge is 0.368 e. The Kier molecular flexibility index (Phi) is 5.96. The highest BCUT2D eigenvalue weighted by atomic mass is 16.5. The molecule has 2 aliphatic heterocycles. The van der Waals surface area contributed by atoms with Crippen LogP contribution in [0.4, 0.5) is 0 Å². The van der Waals surface area contributed by atoms with Gasteiger partial charge in [-0.05, 0) is 35.6 Å². The van der Waals surface area contributed by atoms with E-state index in [1.807, 2.05) is 36.4 Å². The van der Waals surface area contributed by atoms with Crippen molar-refractivity contribution in [3.63, 3.8) is 0 Å². The summed E-state index contributed by atoms with van der Waals surface area (Å²) in [6.45, 7) is 0.583. The zero-order valence-electron chi connectivity index (χ0n) is 18.3. The van der Waals surface area contributed by atoms with Gasteiger partial charge in [0.2, 0.25) is 5.91 Å². The summed E-state index contributed by atoms with van der Waals surface area (Å²) in [4.78, 5) is 41.0. The molecule has 168 valence electrons. The standard InChI is InChI=1S/C26H30N2O4/c29-22-16-32-23-13-14-28(24(22)23)26(31)21(15-17-7-2-1-3-8-17)27-25(30)20-12-6-10-18-9-4-5-11-19(18)20/h4-6,9-12,17,21,23-24H,1-3,7-8,13-16H2,(H,27,30)/t21-,23?,24?/m0/s1. The van der Waals surface area contributed by atoms with Gasteiger partial charge in [0.15, 0.2) is 5.78 Å². The van der Waals surface area contributed by atoms with Gasteiger partial charge < -0.3 is 15.0 Å². The van der Waals surface area contributed by atoms with E-state index in [2.05, 4.69) is 5.32 Å². The van der Waals surface area contributed by atoms with Crippen LogP contribution in [0.5, 0.6) is 0 Å². The number of ether oxygens (including phenoxy) is 1. The number of carbonyl (C=O) groups excluding carboxylic acids is 3. The van der Waals surface area contributed by atoms with Crippen LogP contribution in [0.2, 0.25) is 0 Å². The predicted molar refractivity (Wildman–Crippen MR) is 121 cm³/mol. The van der Waals surface area contributed by atoms with Gasteiger partial charge in [0.05, 0.1) is 6.10 Å². The van der Waals surface area contributed by atoms with Crippen LogP contribution in [0.25, 0.3) is 10.8 Å². The van der Waals surface area contributed by atoms with Crippen molar-refractivity contribution in [3.8, 4) is 0 Å². The van der Waals surface area contributed by atoms with E-state index in [1.165, 1.54) is 19.3 Å². The minimum absolute atomic E-state index is 0.0300. The summed E-state index contributed by atoms with van der Waals surface area (Å²) in [5.41, 5.74) is 0.573. The maximum absolute atomic E-state index is 13.6. The molecule has 0 aromatic heterocycles. The van der Waals surface area contributed by atoms with Gasteiger partial charge in [-0.3, -0.25) is 14.4 Å². The first-order valence-corrected chi connectivity index (χ1v) is 11.9. The summed E-state index contributed by atoms with van der Waals surface area (Å²) >= 11 is 0. The highest BCUT2D eigenvalue weighted by Crippen LogP contribution is 2.31. The predicted octanol–water partition coefficient (Wildman–Crippen LogP) is 3.48. The summed E-state index contributed by atoms with van der Waals surface area (Å²) in [5.74, 6) is 0.00769. The van der Waals surface area contributed by atoms with Crippen LogP contribution >= 0.6 is 0 Å². The van der Waals surface area contributed by atoms with E-state index >= 15 is 0 Å². The highest BCUT2D eigenvalue weighted by Gasteiger charge is 2.48. The van der Waals surface area contributed by atoms with E-state index in [-0.39, 0.29) is 30.3 Å². The van der Waals surface area contributed by atoms with Crippen LogP contribution in [0.15, 0.2) is 42.5 Å². The average Bonchev–Trinajstić information content (AvgIpc) is 3.41. The first-order valence-electron chi connectivity index (χ1n) is 11.9. The minimum atomic E-state index is -0.628. The van der Waals surface area contributed by atoms with Crippen LogP contribution in [0.3, 0.4) is 0 Å². The maximum Gasteiger partial charge on any atom is 0.252 e. The molecule has 6 heteroatoms. The van der Waals surface area contributed by atoms with Gasteiger partial charge in [0.1, 0.15) is 18.7 Å². The Balaban J connectivity index is 1.40. The summed E-state index contributed by atoms with van der Waals surface area (Å²) in [6, 6.07) is 12.3. The number of carbonyl (C=O) groups is 3. The third kappa shape index (κ3) is 4.04. The fourth-order valence-corrected chi connectivity index (χ4v) is 5.68. The van der Waals surface area contributed by atoms with Gasteiger partial charge in [-0.25, -0.2) is 0 Å². The number of hydrogen-bond donors (Lipinski definition) is 1. The van der Waals surface area contributed by atoms with Crippen molar-refractivity contribution in [1.29, 1.82) is 0 Å². The van der Waals surface area contributed by atoms with Gasteiger partial charge >= 0.3 is 0 Å². The quantitative estimate of drug-likeness (QED) is 0.782. The minimum Gasteiger partial charge on any atom is -0.368 e. The van der Waals surface area contributed by atoms with Crippen molar-refractivity contribution in [1.82, 2.24) is 10.2 Å². The highest BCUT2D eigenvalue weighted by molar-refractivity contribution is 6.08. The Morgan fingerprint density at radius 1 is 1.03 bits per heavy atom. The van der Waals surface area contributed by atoms with Gasteiger partial charge in [-0.15, -0.1) is 0 Å². The third-order valence-electron chi connectivity index (χ3n) is 7.33. The lowest BCUT2D eigenvalue weighted by atomic mass is 9.84. The van der Waals surface area contributed by atoms with Crippen molar-refractivity contribution in [3.05, 3.63) is 48.0 Å². The van der Waals surface area contributed by atoms with E-state index in [9.17, 15) is 14.4 Å². The summed E-state index contributed by atoms with van der Waals surface area (Å²) in [5, 5.41) is 4.93. The number of Topliss-reactive ketones (excluding diaryl/α,β-unsaturated/α-hetero) is 1. The van der Waals surface area contributed by atoms with Crippen molar-refractivity contribution in [2.75, 3.05) is 13.2 Å². The molecule has 0 bridgehead atoms. The van der Waals surface area contributed by atoms with Crippen LogP contribution in [-0.2, 0) is 14.3 Å². The van der Waals surface area contributed by atoms with E-state index < -0.39 is 12.1 Å². The summed E-state index contributed by atoms with van der Waals surface area (Å²) in [7, 11) is 0. The molecule has 1 N–H and O–H groups in total. The third-order valence-corrected chi connectivity index (χ3v) is 7.33. The number of hydrogen-bond acceptors (Lipinski definition) is 4.